The van der Waals surface area contributed by atoms with Crippen molar-refractivity contribution in [2.45, 2.75) is 0 Å². The smallest absolute Gasteiger partial charge is 0.337 e. The Morgan fingerprint density at radius 3 is 2.43 bits per heavy atom. The summed E-state index contributed by atoms with van der Waals surface area (Å²) in [5, 5.41) is -0.528. The molecule has 0 aliphatic rings. The van der Waals surface area contributed by atoms with Gasteiger partial charge in [0.2, 0.25) is 0 Å². The first-order chi connectivity index (χ1) is 6.56. The number of hydrogen-bond acceptors (Lipinski definition) is 3. The molecule has 0 heterocycles. The van der Waals surface area contributed by atoms with E-state index in [-0.39, 0.29) is 16.1 Å². The maximum atomic E-state index is 11.0. The van der Waals surface area contributed by atoms with E-state index in [1.807, 2.05) is 0 Å². The Hall–Kier alpha value is -1.06. The van der Waals surface area contributed by atoms with Gasteiger partial charge in [-0.05, 0) is 29.8 Å². The maximum Gasteiger partial charge on any atom is 0.337 e. The molecule has 0 radical (unpaired) electrons. The van der Waals surface area contributed by atoms with Crippen LogP contribution in [0.1, 0.15) is 20.7 Å². The lowest BCUT2D eigenvalue weighted by Crippen LogP contribution is -2.02. The summed E-state index contributed by atoms with van der Waals surface area (Å²) >= 11 is 10.9. The normalized spacial score (nSPS) is 9.64. The molecule has 74 valence electrons. The van der Waals surface area contributed by atoms with E-state index in [2.05, 4.69) is 4.74 Å². The number of esters is 1. The average Bonchev–Trinajstić information content (AvgIpc) is 2.15. The highest BCUT2D eigenvalue weighted by molar-refractivity contribution is 6.68. The molecule has 0 aliphatic heterocycles. The second-order valence-electron chi connectivity index (χ2n) is 2.46. The van der Waals surface area contributed by atoms with Gasteiger partial charge in [-0.2, -0.15) is 0 Å². The van der Waals surface area contributed by atoms with Crippen LogP contribution in [0.4, 0.5) is 0 Å². The summed E-state index contributed by atoms with van der Waals surface area (Å²) in [4.78, 5) is 21.8. The molecule has 0 N–H and O–H groups in total. The van der Waals surface area contributed by atoms with E-state index in [1.54, 1.807) is 0 Å². The van der Waals surface area contributed by atoms with Crippen LogP contribution in [0, 0.1) is 0 Å². The van der Waals surface area contributed by atoms with Crippen molar-refractivity contribution in [3.05, 3.63) is 34.3 Å². The molecule has 14 heavy (non-hydrogen) atoms. The van der Waals surface area contributed by atoms with Crippen molar-refractivity contribution in [1.29, 1.82) is 0 Å². The highest BCUT2D eigenvalue weighted by atomic mass is 35.5. The number of benzene rings is 1. The van der Waals surface area contributed by atoms with Crippen LogP contribution in [0.5, 0.6) is 0 Å². The third-order valence-corrected chi connectivity index (χ3v) is 2.12. The van der Waals surface area contributed by atoms with Gasteiger partial charge in [-0.15, -0.1) is 0 Å². The predicted molar refractivity (Wildman–Crippen MR) is 53.0 cm³/mol. The lowest BCUT2D eigenvalue weighted by molar-refractivity contribution is 0.0600. The van der Waals surface area contributed by atoms with E-state index in [0.29, 0.717) is 0 Å². The summed E-state index contributed by atoms with van der Waals surface area (Å²) in [6.07, 6.45) is 0. The van der Waals surface area contributed by atoms with Gasteiger partial charge in [0.15, 0.2) is 0 Å². The van der Waals surface area contributed by atoms with Crippen LogP contribution < -0.4 is 0 Å². The first-order valence-corrected chi connectivity index (χ1v) is 4.39. The average molecular weight is 233 g/mol. The second-order valence-corrected chi connectivity index (χ2v) is 3.21. The number of hydrogen-bond donors (Lipinski definition) is 0. The molecule has 0 spiro atoms. The fourth-order valence-electron chi connectivity index (χ4n) is 0.919. The van der Waals surface area contributed by atoms with Gasteiger partial charge in [0, 0.05) is 0 Å². The van der Waals surface area contributed by atoms with Crippen molar-refractivity contribution in [3.8, 4) is 0 Å². The predicted octanol–water partition coefficient (Wildman–Crippen LogP) is 2.51. The number of ether oxygens (including phenoxy) is 1. The monoisotopic (exact) mass is 232 g/mol. The van der Waals surface area contributed by atoms with Crippen molar-refractivity contribution in [3.63, 3.8) is 0 Å². The van der Waals surface area contributed by atoms with Crippen LogP contribution in [0.3, 0.4) is 0 Å². The minimum Gasteiger partial charge on any atom is -0.465 e. The standard InChI is InChI=1S/C9H6Cl2O3/c1-14-9(13)5-2-3-6(8(11)12)7(10)4-5/h2-4H,1H3. The minimum absolute atomic E-state index is 0.132. The molecule has 0 unspecified atom stereocenters. The summed E-state index contributed by atoms with van der Waals surface area (Å²) in [7, 11) is 1.26. The van der Waals surface area contributed by atoms with Crippen LogP contribution in [0.2, 0.25) is 5.02 Å². The van der Waals surface area contributed by atoms with E-state index in [9.17, 15) is 9.59 Å². The molecule has 5 heteroatoms. The zero-order chi connectivity index (χ0) is 10.7. The van der Waals surface area contributed by atoms with Gasteiger partial charge >= 0.3 is 5.97 Å². The first kappa shape index (κ1) is 11.0. The largest absolute Gasteiger partial charge is 0.465 e. The van der Waals surface area contributed by atoms with Crippen molar-refractivity contribution < 1.29 is 14.3 Å². The first-order valence-electron chi connectivity index (χ1n) is 3.64. The Balaban J connectivity index is 3.12. The van der Waals surface area contributed by atoms with Gasteiger partial charge in [-0.1, -0.05) is 11.6 Å². The summed E-state index contributed by atoms with van der Waals surface area (Å²) < 4.78 is 4.48. The lowest BCUT2D eigenvalue weighted by atomic mass is 10.1. The quantitative estimate of drug-likeness (QED) is 0.582. The SMILES string of the molecule is COC(=O)c1ccc(C(=O)Cl)c(Cl)c1. The Morgan fingerprint density at radius 2 is 2.00 bits per heavy atom. The summed E-state index contributed by atoms with van der Waals surface area (Å²) in [5.74, 6) is -0.513. The molecule has 0 saturated carbocycles. The fourth-order valence-corrected chi connectivity index (χ4v) is 1.40. The van der Waals surface area contributed by atoms with Gasteiger partial charge in [0.05, 0.1) is 23.3 Å². The number of halogens is 2. The molecule has 1 aromatic rings. The molecule has 0 aromatic heterocycles. The number of methoxy groups -OCH3 is 1. The topological polar surface area (TPSA) is 43.4 Å². The minimum atomic E-state index is -0.661. The van der Waals surface area contributed by atoms with E-state index in [0.717, 1.165) is 0 Å². The molecule has 0 atom stereocenters. The Labute approximate surface area is 90.6 Å². The molecule has 0 bridgehead atoms. The highest BCUT2D eigenvalue weighted by Crippen LogP contribution is 2.20. The van der Waals surface area contributed by atoms with Crippen LogP contribution in [-0.2, 0) is 4.74 Å². The number of carbonyl (C=O) groups excluding carboxylic acids is 2. The van der Waals surface area contributed by atoms with Crippen LogP contribution >= 0.6 is 23.2 Å². The molecule has 0 aliphatic carbocycles. The Bertz CT molecular complexity index is 388. The van der Waals surface area contributed by atoms with E-state index in [1.165, 1.54) is 25.3 Å². The molecule has 0 fully saturated rings. The Morgan fingerprint density at radius 1 is 1.36 bits per heavy atom. The summed E-state index contributed by atoms with van der Waals surface area (Å²) in [6.45, 7) is 0. The van der Waals surface area contributed by atoms with Gasteiger partial charge in [0.25, 0.3) is 5.24 Å². The molecule has 3 nitrogen and oxygen atoms in total. The molecule has 0 amide bonds. The number of carbonyl (C=O) groups is 2. The van der Waals surface area contributed by atoms with Gasteiger partial charge < -0.3 is 4.74 Å². The van der Waals surface area contributed by atoms with Crippen LogP contribution in [-0.4, -0.2) is 18.3 Å². The fraction of sp³-hybridized carbons (Fsp3) is 0.111. The van der Waals surface area contributed by atoms with Crippen molar-refractivity contribution in [1.82, 2.24) is 0 Å². The maximum absolute atomic E-state index is 11.0. The molecular formula is C9H6Cl2O3. The third-order valence-electron chi connectivity index (χ3n) is 1.60. The highest BCUT2D eigenvalue weighted by Gasteiger charge is 2.11. The number of rotatable bonds is 2. The van der Waals surface area contributed by atoms with Crippen molar-refractivity contribution >= 4 is 34.4 Å². The van der Waals surface area contributed by atoms with Crippen LogP contribution in [0.25, 0.3) is 0 Å². The zero-order valence-corrected chi connectivity index (χ0v) is 8.72. The van der Waals surface area contributed by atoms with Gasteiger partial charge in [0.1, 0.15) is 0 Å². The van der Waals surface area contributed by atoms with Gasteiger partial charge in [-0.25, -0.2) is 4.79 Å². The van der Waals surface area contributed by atoms with Crippen molar-refractivity contribution in [2.24, 2.45) is 0 Å². The zero-order valence-electron chi connectivity index (χ0n) is 7.21. The van der Waals surface area contributed by atoms with Crippen LogP contribution in [0.15, 0.2) is 18.2 Å². The lowest BCUT2D eigenvalue weighted by Gasteiger charge is -2.01. The third kappa shape index (κ3) is 2.25. The molecule has 1 aromatic carbocycles. The van der Waals surface area contributed by atoms with Gasteiger partial charge in [-0.3, -0.25) is 4.79 Å². The molecular weight excluding hydrogens is 227 g/mol. The van der Waals surface area contributed by atoms with E-state index < -0.39 is 11.2 Å². The molecule has 0 saturated heterocycles. The molecule has 1 rings (SSSR count). The second kappa shape index (κ2) is 4.44. The van der Waals surface area contributed by atoms with Crippen molar-refractivity contribution in [2.75, 3.05) is 7.11 Å². The summed E-state index contributed by atoms with van der Waals surface area (Å²) in [6, 6.07) is 4.14. The van der Waals surface area contributed by atoms with E-state index in [4.69, 9.17) is 23.2 Å². The summed E-state index contributed by atoms with van der Waals surface area (Å²) in [5.41, 5.74) is 0.445. The Kier molecular flexibility index (Phi) is 3.49. The van der Waals surface area contributed by atoms with E-state index >= 15 is 0 Å².